The Kier molecular flexibility index (Phi) is 5.13. The van der Waals surface area contributed by atoms with E-state index in [1.807, 2.05) is 42.5 Å². The SMILES string of the molecule is COc1cc(CC(=O)O)cc(C(=O)c2ccc(-c3ccccc3)cc2)c1. The van der Waals surface area contributed by atoms with Crippen molar-refractivity contribution in [3.8, 4) is 16.9 Å². The van der Waals surface area contributed by atoms with Crippen LogP contribution in [0.25, 0.3) is 11.1 Å². The summed E-state index contributed by atoms with van der Waals surface area (Å²) in [5.74, 6) is -0.660. The minimum Gasteiger partial charge on any atom is -0.497 e. The van der Waals surface area contributed by atoms with Gasteiger partial charge in [-0.2, -0.15) is 0 Å². The van der Waals surface area contributed by atoms with Crippen LogP contribution in [0.15, 0.2) is 72.8 Å². The number of hydrogen-bond acceptors (Lipinski definition) is 3. The molecule has 0 saturated heterocycles. The molecular formula is C22H18O4. The Balaban J connectivity index is 1.90. The van der Waals surface area contributed by atoms with Crippen molar-refractivity contribution in [2.75, 3.05) is 7.11 Å². The summed E-state index contributed by atoms with van der Waals surface area (Å²) in [6, 6.07) is 22.1. The van der Waals surface area contributed by atoms with Crippen LogP contribution in [0.2, 0.25) is 0 Å². The molecule has 130 valence electrons. The highest BCUT2D eigenvalue weighted by atomic mass is 16.5. The van der Waals surface area contributed by atoms with E-state index in [4.69, 9.17) is 9.84 Å². The van der Waals surface area contributed by atoms with Crippen LogP contribution in [0.5, 0.6) is 5.75 Å². The molecule has 0 aliphatic heterocycles. The molecule has 0 radical (unpaired) electrons. The minimum atomic E-state index is -0.955. The molecule has 26 heavy (non-hydrogen) atoms. The van der Waals surface area contributed by atoms with Crippen molar-refractivity contribution >= 4 is 11.8 Å². The summed E-state index contributed by atoms with van der Waals surface area (Å²) in [6.07, 6.45) is -0.162. The predicted octanol–water partition coefficient (Wildman–Crippen LogP) is 4.22. The molecule has 4 nitrogen and oxygen atoms in total. The molecule has 1 N–H and O–H groups in total. The van der Waals surface area contributed by atoms with E-state index in [9.17, 15) is 9.59 Å². The first-order valence-corrected chi connectivity index (χ1v) is 8.17. The van der Waals surface area contributed by atoms with Gasteiger partial charge in [-0.3, -0.25) is 9.59 Å². The third kappa shape index (κ3) is 3.98. The van der Waals surface area contributed by atoms with E-state index in [1.54, 1.807) is 30.3 Å². The lowest BCUT2D eigenvalue weighted by atomic mass is 9.97. The largest absolute Gasteiger partial charge is 0.497 e. The monoisotopic (exact) mass is 346 g/mol. The summed E-state index contributed by atoms with van der Waals surface area (Å²) in [5.41, 5.74) is 3.59. The molecule has 0 saturated carbocycles. The number of ether oxygens (including phenoxy) is 1. The summed E-state index contributed by atoms with van der Waals surface area (Å²) in [5, 5.41) is 8.99. The molecule has 0 heterocycles. The average molecular weight is 346 g/mol. The number of aliphatic carboxylic acids is 1. The molecule has 0 atom stereocenters. The van der Waals surface area contributed by atoms with Crippen molar-refractivity contribution in [3.05, 3.63) is 89.5 Å². The van der Waals surface area contributed by atoms with Crippen molar-refractivity contribution in [2.24, 2.45) is 0 Å². The quantitative estimate of drug-likeness (QED) is 0.679. The molecule has 3 aromatic carbocycles. The van der Waals surface area contributed by atoms with E-state index in [1.165, 1.54) is 7.11 Å². The number of benzene rings is 3. The van der Waals surface area contributed by atoms with Gasteiger partial charge in [0.2, 0.25) is 0 Å². The Labute approximate surface area is 151 Å². The van der Waals surface area contributed by atoms with Gasteiger partial charge in [-0.15, -0.1) is 0 Å². The van der Waals surface area contributed by atoms with Crippen molar-refractivity contribution in [3.63, 3.8) is 0 Å². The molecule has 0 bridgehead atoms. The number of hydrogen-bond donors (Lipinski definition) is 1. The molecule has 0 spiro atoms. The van der Waals surface area contributed by atoms with Gasteiger partial charge in [-0.05, 0) is 34.9 Å². The Morgan fingerprint density at radius 2 is 1.50 bits per heavy atom. The summed E-state index contributed by atoms with van der Waals surface area (Å²) >= 11 is 0. The highest BCUT2D eigenvalue weighted by Crippen LogP contribution is 2.23. The van der Waals surface area contributed by atoms with Crippen LogP contribution in [0.1, 0.15) is 21.5 Å². The zero-order valence-electron chi connectivity index (χ0n) is 14.3. The zero-order chi connectivity index (χ0) is 18.5. The highest BCUT2D eigenvalue weighted by molar-refractivity contribution is 6.09. The van der Waals surface area contributed by atoms with Crippen molar-refractivity contribution in [1.82, 2.24) is 0 Å². The molecule has 0 amide bonds. The first-order chi connectivity index (χ1) is 12.6. The van der Waals surface area contributed by atoms with E-state index in [2.05, 4.69) is 0 Å². The van der Waals surface area contributed by atoms with E-state index in [0.29, 0.717) is 22.4 Å². The minimum absolute atomic E-state index is 0.162. The molecule has 3 rings (SSSR count). The summed E-state index contributed by atoms with van der Waals surface area (Å²) < 4.78 is 5.19. The van der Waals surface area contributed by atoms with Crippen molar-refractivity contribution < 1.29 is 19.4 Å². The molecule has 4 heteroatoms. The van der Waals surface area contributed by atoms with Crippen LogP contribution in [0.3, 0.4) is 0 Å². The maximum Gasteiger partial charge on any atom is 0.307 e. The Hall–Kier alpha value is -3.40. The Morgan fingerprint density at radius 1 is 0.846 bits per heavy atom. The summed E-state index contributed by atoms with van der Waals surface area (Å²) in [7, 11) is 1.49. The van der Waals surface area contributed by atoms with Crippen LogP contribution < -0.4 is 4.74 Å². The molecule has 3 aromatic rings. The van der Waals surface area contributed by atoms with Gasteiger partial charge in [0.05, 0.1) is 13.5 Å². The Morgan fingerprint density at radius 3 is 2.12 bits per heavy atom. The second-order valence-corrected chi connectivity index (χ2v) is 5.91. The standard InChI is InChI=1S/C22H18O4/c1-26-20-12-15(13-21(23)24)11-19(14-20)22(25)18-9-7-17(8-10-18)16-5-3-2-4-6-16/h2-12,14H,13H2,1H3,(H,23,24). The van der Waals surface area contributed by atoms with E-state index in [-0.39, 0.29) is 12.2 Å². The van der Waals surface area contributed by atoms with Gasteiger partial charge in [0.25, 0.3) is 0 Å². The number of carboxylic acid groups (broad SMARTS) is 1. The fourth-order valence-corrected chi connectivity index (χ4v) is 2.80. The van der Waals surface area contributed by atoms with Crippen molar-refractivity contribution in [2.45, 2.75) is 6.42 Å². The van der Waals surface area contributed by atoms with Gasteiger partial charge in [0.15, 0.2) is 5.78 Å². The van der Waals surface area contributed by atoms with Crippen LogP contribution in [0.4, 0.5) is 0 Å². The van der Waals surface area contributed by atoms with E-state index < -0.39 is 5.97 Å². The first kappa shape index (κ1) is 17.4. The van der Waals surface area contributed by atoms with Gasteiger partial charge in [0, 0.05) is 11.1 Å². The molecule has 0 aliphatic rings. The maximum atomic E-state index is 12.8. The van der Waals surface area contributed by atoms with Gasteiger partial charge in [-0.1, -0.05) is 54.6 Å². The average Bonchev–Trinajstić information content (AvgIpc) is 2.67. The number of ketones is 1. The number of rotatable bonds is 6. The fraction of sp³-hybridized carbons (Fsp3) is 0.0909. The third-order valence-electron chi connectivity index (χ3n) is 4.07. The molecular weight excluding hydrogens is 328 g/mol. The maximum absolute atomic E-state index is 12.8. The second-order valence-electron chi connectivity index (χ2n) is 5.91. The Bertz CT molecular complexity index is 928. The zero-order valence-corrected chi connectivity index (χ0v) is 14.3. The second kappa shape index (κ2) is 7.66. The van der Waals surface area contributed by atoms with Crippen molar-refractivity contribution in [1.29, 1.82) is 0 Å². The molecule has 0 aliphatic carbocycles. The van der Waals surface area contributed by atoms with Gasteiger partial charge in [0.1, 0.15) is 5.75 Å². The van der Waals surface area contributed by atoms with E-state index >= 15 is 0 Å². The number of carbonyl (C=O) groups is 2. The topological polar surface area (TPSA) is 63.6 Å². The first-order valence-electron chi connectivity index (χ1n) is 8.17. The van der Waals surface area contributed by atoms with Gasteiger partial charge >= 0.3 is 5.97 Å². The lowest BCUT2D eigenvalue weighted by molar-refractivity contribution is -0.136. The van der Waals surface area contributed by atoms with Gasteiger partial charge in [-0.25, -0.2) is 0 Å². The highest BCUT2D eigenvalue weighted by Gasteiger charge is 2.13. The van der Waals surface area contributed by atoms with Gasteiger partial charge < -0.3 is 9.84 Å². The third-order valence-corrected chi connectivity index (χ3v) is 4.07. The van der Waals surface area contributed by atoms with E-state index in [0.717, 1.165) is 11.1 Å². The predicted molar refractivity (Wildman–Crippen MR) is 99.6 cm³/mol. The fourth-order valence-electron chi connectivity index (χ4n) is 2.80. The van der Waals surface area contributed by atoms with Crippen LogP contribution in [0, 0.1) is 0 Å². The number of carboxylic acids is 1. The van der Waals surface area contributed by atoms with Crippen LogP contribution in [-0.4, -0.2) is 24.0 Å². The normalized spacial score (nSPS) is 10.3. The number of methoxy groups -OCH3 is 1. The summed E-state index contributed by atoms with van der Waals surface area (Å²) in [4.78, 5) is 23.8. The molecule has 0 fully saturated rings. The smallest absolute Gasteiger partial charge is 0.307 e. The molecule has 0 unspecified atom stereocenters. The number of carbonyl (C=O) groups excluding carboxylic acids is 1. The van der Waals surface area contributed by atoms with Crippen LogP contribution >= 0.6 is 0 Å². The lowest BCUT2D eigenvalue weighted by Gasteiger charge is -2.08. The van der Waals surface area contributed by atoms with Crippen LogP contribution in [-0.2, 0) is 11.2 Å². The molecule has 0 aromatic heterocycles. The summed E-state index contributed by atoms with van der Waals surface area (Å²) in [6.45, 7) is 0. The lowest BCUT2D eigenvalue weighted by Crippen LogP contribution is -2.05.